The monoisotopic (exact) mass is 386 g/mol. The standard InChI is InChI=1S/C22H27FO3Si/c1-21(2,3)27(18-11-7-5-8-12-18,19-13-9-6-10-14-19)26-16-17-15-25-20(24)22(17,4)23/h5-14,17H,15-16H2,1-4H3. The SMILES string of the molecule is CC1(F)C(=O)OCC1CO[Si](c1ccccc1)(c1ccccc1)C(C)(C)C. The fourth-order valence-corrected chi connectivity index (χ4v) is 8.44. The number of hydrogen-bond donors (Lipinski definition) is 0. The fourth-order valence-electron chi connectivity index (χ4n) is 3.83. The third-order valence-electron chi connectivity index (χ3n) is 5.50. The van der Waals surface area contributed by atoms with Gasteiger partial charge in [0.2, 0.25) is 5.67 Å². The normalized spacial score (nSPS) is 23.3. The van der Waals surface area contributed by atoms with Crippen LogP contribution in [-0.2, 0) is 14.0 Å². The number of rotatable bonds is 5. The lowest BCUT2D eigenvalue weighted by Crippen LogP contribution is -2.67. The third-order valence-corrected chi connectivity index (χ3v) is 10.5. The van der Waals surface area contributed by atoms with E-state index >= 15 is 0 Å². The molecular formula is C22H27FO3Si. The maximum absolute atomic E-state index is 14.8. The Morgan fingerprint density at radius 3 is 1.93 bits per heavy atom. The van der Waals surface area contributed by atoms with E-state index in [-0.39, 0.29) is 18.3 Å². The lowest BCUT2D eigenvalue weighted by molar-refractivity contribution is -0.147. The van der Waals surface area contributed by atoms with E-state index in [9.17, 15) is 9.18 Å². The molecule has 1 fully saturated rings. The van der Waals surface area contributed by atoms with Gasteiger partial charge in [-0.2, -0.15) is 0 Å². The summed E-state index contributed by atoms with van der Waals surface area (Å²) in [6.45, 7) is 8.01. The van der Waals surface area contributed by atoms with E-state index in [1.165, 1.54) is 6.92 Å². The van der Waals surface area contributed by atoms with Gasteiger partial charge in [-0.1, -0.05) is 81.4 Å². The second-order valence-corrected chi connectivity index (χ2v) is 12.7. The topological polar surface area (TPSA) is 35.5 Å². The zero-order valence-electron chi connectivity index (χ0n) is 16.4. The van der Waals surface area contributed by atoms with Gasteiger partial charge in [0.05, 0.1) is 5.92 Å². The molecule has 2 unspecified atom stereocenters. The Hall–Kier alpha value is -1.98. The third kappa shape index (κ3) is 3.46. The summed E-state index contributed by atoms with van der Waals surface area (Å²) in [6.07, 6.45) is 0. The number of alkyl halides is 1. The first-order valence-corrected chi connectivity index (χ1v) is 11.2. The van der Waals surface area contributed by atoms with E-state index in [1.807, 2.05) is 36.4 Å². The minimum Gasteiger partial charge on any atom is -0.463 e. The first-order valence-electron chi connectivity index (χ1n) is 9.31. The van der Waals surface area contributed by atoms with Crippen LogP contribution in [0.15, 0.2) is 60.7 Å². The molecule has 0 saturated carbocycles. The van der Waals surface area contributed by atoms with Gasteiger partial charge in [0.1, 0.15) is 6.61 Å². The molecule has 144 valence electrons. The molecule has 0 aliphatic carbocycles. The molecule has 2 atom stereocenters. The summed E-state index contributed by atoms with van der Waals surface area (Å²) >= 11 is 0. The van der Waals surface area contributed by atoms with E-state index < -0.39 is 25.9 Å². The highest BCUT2D eigenvalue weighted by Crippen LogP contribution is 2.38. The van der Waals surface area contributed by atoms with Crippen molar-refractivity contribution in [3.63, 3.8) is 0 Å². The summed E-state index contributed by atoms with van der Waals surface area (Å²) in [5, 5.41) is 2.08. The molecule has 1 aliphatic heterocycles. The van der Waals surface area contributed by atoms with Crippen LogP contribution in [0.1, 0.15) is 27.7 Å². The van der Waals surface area contributed by atoms with E-state index in [1.54, 1.807) is 0 Å². The molecule has 27 heavy (non-hydrogen) atoms. The van der Waals surface area contributed by atoms with Gasteiger partial charge in [0, 0.05) is 6.61 Å². The van der Waals surface area contributed by atoms with E-state index in [0.29, 0.717) is 0 Å². The molecule has 0 amide bonds. The molecule has 3 nitrogen and oxygen atoms in total. The molecule has 0 radical (unpaired) electrons. The number of carbonyl (C=O) groups excluding carboxylic acids is 1. The van der Waals surface area contributed by atoms with Crippen LogP contribution in [0.5, 0.6) is 0 Å². The van der Waals surface area contributed by atoms with Gasteiger partial charge in [0.25, 0.3) is 8.32 Å². The maximum atomic E-state index is 14.8. The fraction of sp³-hybridized carbons (Fsp3) is 0.409. The Labute approximate surface area is 161 Å². The summed E-state index contributed by atoms with van der Waals surface area (Å²) in [7, 11) is -2.73. The Bertz CT molecular complexity index is 745. The van der Waals surface area contributed by atoms with Crippen LogP contribution < -0.4 is 10.4 Å². The number of ether oxygens (including phenoxy) is 1. The first-order chi connectivity index (χ1) is 12.7. The smallest absolute Gasteiger partial charge is 0.344 e. The van der Waals surface area contributed by atoms with Crippen LogP contribution in [0.4, 0.5) is 4.39 Å². The molecule has 1 saturated heterocycles. The Morgan fingerprint density at radius 1 is 1.07 bits per heavy atom. The van der Waals surface area contributed by atoms with Crippen LogP contribution >= 0.6 is 0 Å². The van der Waals surface area contributed by atoms with Crippen molar-refractivity contribution < 1.29 is 18.3 Å². The van der Waals surface area contributed by atoms with E-state index in [0.717, 1.165) is 10.4 Å². The van der Waals surface area contributed by atoms with Crippen LogP contribution in [0.25, 0.3) is 0 Å². The molecule has 0 aromatic heterocycles. The number of hydrogen-bond acceptors (Lipinski definition) is 3. The van der Waals surface area contributed by atoms with Crippen LogP contribution in [0.2, 0.25) is 5.04 Å². The van der Waals surface area contributed by atoms with Gasteiger partial charge in [0.15, 0.2) is 0 Å². The van der Waals surface area contributed by atoms with E-state index in [4.69, 9.17) is 9.16 Å². The molecule has 2 aromatic rings. The second-order valence-electron chi connectivity index (χ2n) is 8.35. The van der Waals surface area contributed by atoms with Gasteiger partial charge in [-0.25, -0.2) is 9.18 Å². The number of benzene rings is 2. The lowest BCUT2D eigenvalue weighted by atomic mass is 9.95. The maximum Gasteiger partial charge on any atom is 0.344 e. The molecule has 0 N–H and O–H groups in total. The summed E-state index contributed by atoms with van der Waals surface area (Å²) < 4.78 is 26.5. The van der Waals surface area contributed by atoms with Gasteiger partial charge >= 0.3 is 5.97 Å². The number of carbonyl (C=O) groups is 1. The largest absolute Gasteiger partial charge is 0.463 e. The molecule has 3 rings (SSSR count). The summed E-state index contributed by atoms with van der Waals surface area (Å²) in [6, 6.07) is 20.4. The Kier molecular flexibility index (Phi) is 5.28. The number of halogens is 1. The van der Waals surface area contributed by atoms with Crippen molar-refractivity contribution in [2.24, 2.45) is 5.92 Å². The van der Waals surface area contributed by atoms with Crippen LogP contribution in [-0.4, -0.2) is 33.2 Å². The van der Waals surface area contributed by atoms with Crippen LogP contribution in [0, 0.1) is 5.92 Å². The van der Waals surface area contributed by atoms with Crippen molar-refractivity contribution in [3.05, 3.63) is 60.7 Å². The number of cyclic esters (lactones) is 1. The minimum atomic E-state index is -2.73. The van der Waals surface area contributed by atoms with Crippen molar-refractivity contribution in [1.82, 2.24) is 0 Å². The highest BCUT2D eigenvalue weighted by Gasteiger charge is 2.54. The molecule has 5 heteroatoms. The second kappa shape index (κ2) is 7.21. The van der Waals surface area contributed by atoms with Gasteiger partial charge in [-0.05, 0) is 22.3 Å². The van der Waals surface area contributed by atoms with Crippen molar-refractivity contribution in [2.75, 3.05) is 13.2 Å². The molecule has 2 aromatic carbocycles. The van der Waals surface area contributed by atoms with Gasteiger partial charge in [-0.15, -0.1) is 0 Å². The highest BCUT2D eigenvalue weighted by molar-refractivity contribution is 6.99. The lowest BCUT2D eigenvalue weighted by Gasteiger charge is -2.43. The zero-order chi connectivity index (χ0) is 19.7. The van der Waals surface area contributed by atoms with Gasteiger partial charge in [-0.3, -0.25) is 0 Å². The zero-order valence-corrected chi connectivity index (χ0v) is 17.4. The Balaban J connectivity index is 2.06. The van der Waals surface area contributed by atoms with Crippen molar-refractivity contribution in [1.29, 1.82) is 0 Å². The van der Waals surface area contributed by atoms with Crippen molar-refractivity contribution in [2.45, 2.75) is 38.4 Å². The highest BCUT2D eigenvalue weighted by atomic mass is 28.4. The molecular weight excluding hydrogens is 359 g/mol. The van der Waals surface area contributed by atoms with E-state index in [2.05, 4.69) is 45.0 Å². The molecule has 1 heterocycles. The summed E-state index contributed by atoms with van der Waals surface area (Å²) in [4.78, 5) is 11.7. The number of esters is 1. The summed E-state index contributed by atoms with van der Waals surface area (Å²) in [5.74, 6) is -1.40. The van der Waals surface area contributed by atoms with Crippen molar-refractivity contribution >= 4 is 24.7 Å². The molecule has 0 bridgehead atoms. The predicted octanol–water partition coefficient (Wildman–Crippen LogP) is 3.46. The van der Waals surface area contributed by atoms with Gasteiger partial charge < -0.3 is 9.16 Å². The van der Waals surface area contributed by atoms with Crippen LogP contribution in [0.3, 0.4) is 0 Å². The summed E-state index contributed by atoms with van der Waals surface area (Å²) in [5.41, 5.74) is -2.01. The average molecular weight is 387 g/mol. The Morgan fingerprint density at radius 2 is 1.56 bits per heavy atom. The predicted molar refractivity (Wildman–Crippen MR) is 108 cm³/mol. The van der Waals surface area contributed by atoms with Crippen molar-refractivity contribution in [3.8, 4) is 0 Å². The molecule has 0 spiro atoms. The quantitative estimate of drug-likeness (QED) is 0.583. The first kappa shape index (κ1) is 19.8. The average Bonchev–Trinajstić information content (AvgIpc) is 2.89. The molecule has 1 aliphatic rings. The minimum absolute atomic E-state index is 0.0596.